The topological polar surface area (TPSA) is 110 Å². The lowest BCUT2D eigenvalue weighted by Gasteiger charge is -2.26. The van der Waals surface area contributed by atoms with Crippen LogP contribution in [0.5, 0.6) is 0 Å². The van der Waals surface area contributed by atoms with Crippen LogP contribution in [0.25, 0.3) is 6.08 Å². The van der Waals surface area contributed by atoms with Crippen molar-refractivity contribution in [2.45, 2.75) is 6.54 Å². The molecule has 0 bridgehead atoms. The maximum atomic E-state index is 13.0. The molecule has 132 valence electrons. The van der Waals surface area contributed by atoms with Crippen LogP contribution in [0.4, 0.5) is 14.2 Å². The lowest BCUT2D eigenvalue weighted by atomic mass is 10.1. The molecule has 0 atom stereocenters. The molecule has 26 heavy (non-hydrogen) atoms. The number of carbonyl (C=O) groups excluding carboxylic acids is 3. The van der Waals surface area contributed by atoms with E-state index in [2.05, 4.69) is 0 Å². The number of thiophene rings is 1. The van der Waals surface area contributed by atoms with Crippen molar-refractivity contribution in [1.82, 2.24) is 10.2 Å². The van der Waals surface area contributed by atoms with Gasteiger partial charge in [-0.15, -0.1) is 0 Å². The van der Waals surface area contributed by atoms with Crippen molar-refractivity contribution < 1.29 is 23.7 Å². The molecule has 2 aromatic rings. The Hall–Kier alpha value is -3.40. The highest BCUT2D eigenvalue weighted by Gasteiger charge is 2.35. The van der Waals surface area contributed by atoms with E-state index in [-0.39, 0.29) is 17.1 Å². The van der Waals surface area contributed by atoms with Gasteiger partial charge in [0.05, 0.1) is 11.5 Å². The predicted molar refractivity (Wildman–Crippen MR) is 89.4 cm³/mol. The van der Waals surface area contributed by atoms with E-state index in [0.717, 1.165) is 16.2 Å². The number of barbiturate groups is 1. The Bertz CT molecular complexity index is 951. The molecule has 10 heteroatoms. The molecule has 0 radical (unpaired) electrons. The summed E-state index contributed by atoms with van der Waals surface area (Å²) < 4.78 is 13.0. The molecule has 1 aromatic heterocycles. The molecule has 0 unspecified atom stereocenters. The van der Waals surface area contributed by atoms with Gasteiger partial charge in [0.1, 0.15) is 11.4 Å². The number of imide groups is 2. The summed E-state index contributed by atoms with van der Waals surface area (Å²) in [6, 6.07) is 6.97. The van der Waals surface area contributed by atoms with Gasteiger partial charge in [0.15, 0.2) is 0 Å². The molecule has 2 heterocycles. The first kappa shape index (κ1) is 17.4. The SMILES string of the molecule is O=C1NC(=O)N(Cc2ccc(F)cc2)C(=O)C1=Cc1ccc([N+](=O)[O-])s1. The minimum atomic E-state index is -0.890. The number of urea groups is 1. The van der Waals surface area contributed by atoms with E-state index in [1.54, 1.807) is 0 Å². The van der Waals surface area contributed by atoms with Crippen LogP contribution in [0, 0.1) is 15.9 Å². The van der Waals surface area contributed by atoms with E-state index in [9.17, 15) is 28.9 Å². The van der Waals surface area contributed by atoms with Crippen LogP contribution >= 0.6 is 11.3 Å². The molecule has 1 aliphatic rings. The van der Waals surface area contributed by atoms with Crippen LogP contribution in [0.2, 0.25) is 0 Å². The summed E-state index contributed by atoms with van der Waals surface area (Å²) in [4.78, 5) is 47.8. The van der Waals surface area contributed by atoms with Gasteiger partial charge >= 0.3 is 11.0 Å². The minimum Gasteiger partial charge on any atom is -0.273 e. The first-order valence-electron chi connectivity index (χ1n) is 7.22. The van der Waals surface area contributed by atoms with Crippen molar-refractivity contribution in [2.24, 2.45) is 0 Å². The van der Waals surface area contributed by atoms with Crippen LogP contribution in [-0.2, 0) is 16.1 Å². The Labute approximate surface area is 149 Å². The number of nitrogens with zero attached hydrogens (tertiary/aromatic N) is 2. The Kier molecular flexibility index (Phi) is 4.59. The number of hydrogen-bond acceptors (Lipinski definition) is 6. The van der Waals surface area contributed by atoms with E-state index in [4.69, 9.17) is 0 Å². The quantitative estimate of drug-likeness (QED) is 0.382. The summed E-state index contributed by atoms with van der Waals surface area (Å²) in [5.74, 6) is -2.18. The van der Waals surface area contributed by atoms with E-state index >= 15 is 0 Å². The molecule has 0 saturated carbocycles. The number of nitrogens with one attached hydrogen (secondary N) is 1. The molecule has 1 aliphatic heterocycles. The zero-order valence-corrected chi connectivity index (χ0v) is 13.8. The van der Waals surface area contributed by atoms with Crippen LogP contribution in [0.3, 0.4) is 0 Å². The fourth-order valence-corrected chi connectivity index (χ4v) is 3.04. The lowest BCUT2D eigenvalue weighted by molar-refractivity contribution is -0.380. The van der Waals surface area contributed by atoms with Gasteiger partial charge in [-0.3, -0.25) is 29.9 Å². The summed E-state index contributed by atoms with van der Waals surface area (Å²) in [7, 11) is 0. The van der Waals surface area contributed by atoms with Crippen molar-refractivity contribution in [2.75, 3.05) is 0 Å². The zero-order chi connectivity index (χ0) is 18.8. The molecular formula is C16H10FN3O5S. The fraction of sp³-hybridized carbons (Fsp3) is 0.0625. The first-order chi connectivity index (χ1) is 12.3. The second-order valence-electron chi connectivity index (χ2n) is 5.27. The van der Waals surface area contributed by atoms with E-state index in [0.29, 0.717) is 10.4 Å². The van der Waals surface area contributed by atoms with Crippen molar-refractivity contribution in [3.63, 3.8) is 0 Å². The number of nitro groups is 1. The summed E-state index contributed by atoms with van der Waals surface area (Å²) in [5, 5.41) is 12.6. The summed E-state index contributed by atoms with van der Waals surface area (Å²) >= 11 is 0.794. The van der Waals surface area contributed by atoms with Crippen molar-refractivity contribution >= 4 is 40.3 Å². The Morgan fingerprint density at radius 2 is 1.85 bits per heavy atom. The van der Waals surface area contributed by atoms with Gasteiger partial charge in [0.2, 0.25) is 0 Å². The zero-order valence-electron chi connectivity index (χ0n) is 13.0. The number of halogens is 1. The Morgan fingerprint density at radius 3 is 2.46 bits per heavy atom. The predicted octanol–water partition coefficient (Wildman–Crippen LogP) is 2.46. The average Bonchev–Trinajstić information content (AvgIpc) is 3.06. The third-order valence-corrected chi connectivity index (χ3v) is 4.50. The van der Waals surface area contributed by atoms with E-state index in [1.807, 2.05) is 5.32 Å². The number of benzene rings is 1. The monoisotopic (exact) mass is 375 g/mol. The molecule has 4 amide bonds. The number of hydrogen-bond donors (Lipinski definition) is 1. The van der Waals surface area contributed by atoms with Crippen molar-refractivity contribution in [3.05, 3.63) is 68.3 Å². The van der Waals surface area contributed by atoms with Gasteiger partial charge in [-0.05, 0) is 29.8 Å². The van der Waals surface area contributed by atoms with Crippen LogP contribution < -0.4 is 5.32 Å². The molecule has 1 fully saturated rings. The summed E-state index contributed by atoms with van der Waals surface area (Å²) in [5.41, 5.74) is 0.179. The third-order valence-electron chi connectivity index (χ3n) is 3.52. The molecule has 3 rings (SSSR count). The highest BCUT2D eigenvalue weighted by atomic mass is 32.1. The Morgan fingerprint density at radius 1 is 1.15 bits per heavy atom. The smallest absolute Gasteiger partial charge is 0.273 e. The minimum absolute atomic E-state index is 0.139. The molecule has 0 aliphatic carbocycles. The second-order valence-corrected chi connectivity index (χ2v) is 6.36. The highest BCUT2D eigenvalue weighted by Crippen LogP contribution is 2.27. The molecule has 1 aromatic carbocycles. The first-order valence-corrected chi connectivity index (χ1v) is 8.04. The largest absolute Gasteiger partial charge is 0.331 e. The molecule has 1 N–H and O–H groups in total. The maximum absolute atomic E-state index is 13.0. The number of amides is 4. The van der Waals surface area contributed by atoms with Gasteiger partial charge in [0, 0.05) is 10.9 Å². The second kappa shape index (κ2) is 6.84. The highest BCUT2D eigenvalue weighted by molar-refractivity contribution is 7.16. The molecule has 1 saturated heterocycles. The average molecular weight is 375 g/mol. The van der Waals surface area contributed by atoms with E-state index in [1.165, 1.54) is 42.5 Å². The fourth-order valence-electron chi connectivity index (χ4n) is 2.27. The Balaban J connectivity index is 1.88. The molecule has 0 spiro atoms. The molecular weight excluding hydrogens is 365 g/mol. The number of carbonyl (C=O) groups is 3. The van der Waals surface area contributed by atoms with E-state index < -0.39 is 28.6 Å². The third kappa shape index (κ3) is 3.49. The van der Waals surface area contributed by atoms with Crippen LogP contribution in [0.15, 0.2) is 42.0 Å². The van der Waals surface area contributed by atoms with Gasteiger partial charge < -0.3 is 0 Å². The van der Waals surface area contributed by atoms with Gasteiger partial charge in [-0.1, -0.05) is 23.5 Å². The van der Waals surface area contributed by atoms with Gasteiger partial charge in [-0.25, -0.2) is 9.18 Å². The molecule has 8 nitrogen and oxygen atoms in total. The van der Waals surface area contributed by atoms with Crippen molar-refractivity contribution in [3.8, 4) is 0 Å². The summed E-state index contributed by atoms with van der Waals surface area (Å²) in [6.45, 7) is -0.153. The van der Waals surface area contributed by atoms with Crippen LogP contribution in [-0.4, -0.2) is 27.7 Å². The summed E-state index contributed by atoms with van der Waals surface area (Å²) in [6.07, 6.45) is 1.19. The lowest BCUT2D eigenvalue weighted by Crippen LogP contribution is -2.53. The van der Waals surface area contributed by atoms with Crippen LogP contribution in [0.1, 0.15) is 10.4 Å². The van der Waals surface area contributed by atoms with Gasteiger partial charge in [0.25, 0.3) is 11.8 Å². The standard InChI is InChI=1S/C16H10FN3O5S/c17-10-3-1-9(2-4-10)8-19-15(22)12(14(21)18-16(19)23)7-11-5-6-13(26-11)20(24)25/h1-7H,8H2,(H,18,21,23). The number of rotatable bonds is 4. The maximum Gasteiger partial charge on any atom is 0.331 e. The van der Waals surface area contributed by atoms with Crippen molar-refractivity contribution in [1.29, 1.82) is 0 Å². The normalized spacial score (nSPS) is 16.1. The van der Waals surface area contributed by atoms with Gasteiger partial charge in [-0.2, -0.15) is 0 Å².